The van der Waals surface area contributed by atoms with Crippen LogP contribution in [0, 0.1) is 12.7 Å². The van der Waals surface area contributed by atoms with E-state index in [0.29, 0.717) is 17.0 Å². The van der Waals surface area contributed by atoms with Crippen molar-refractivity contribution in [3.8, 4) is 0 Å². The Morgan fingerprint density at radius 1 is 1.10 bits per heavy atom. The van der Waals surface area contributed by atoms with E-state index < -0.39 is 0 Å². The summed E-state index contributed by atoms with van der Waals surface area (Å²) in [5.41, 5.74) is 2.88. The van der Waals surface area contributed by atoms with Crippen LogP contribution in [-0.4, -0.2) is 5.91 Å². The van der Waals surface area contributed by atoms with Crippen molar-refractivity contribution in [2.24, 2.45) is 0 Å². The Hall–Kier alpha value is -2.16. The molecule has 3 heteroatoms. The molecule has 2 aromatic carbocycles. The molecule has 0 spiro atoms. The Labute approximate surface area is 118 Å². The van der Waals surface area contributed by atoms with Crippen LogP contribution in [-0.2, 0) is 0 Å². The van der Waals surface area contributed by atoms with E-state index in [1.54, 1.807) is 13.0 Å². The molecule has 0 radical (unpaired) electrons. The lowest BCUT2D eigenvalue weighted by Gasteiger charge is -2.09. The van der Waals surface area contributed by atoms with Crippen LogP contribution in [0.25, 0.3) is 0 Å². The second-order valence-corrected chi connectivity index (χ2v) is 5.19. The topological polar surface area (TPSA) is 29.1 Å². The molecule has 2 rings (SSSR count). The average Bonchev–Trinajstić information content (AvgIpc) is 2.42. The molecular weight excluding hydrogens is 253 g/mol. The highest BCUT2D eigenvalue weighted by atomic mass is 19.1. The second-order valence-electron chi connectivity index (χ2n) is 5.19. The first kappa shape index (κ1) is 14.3. The van der Waals surface area contributed by atoms with Crippen molar-refractivity contribution in [1.82, 2.24) is 0 Å². The summed E-state index contributed by atoms with van der Waals surface area (Å²) in [7, 11) is 0. The van der Waals surface area contributed by atoms with E-state index in [-0.39, 0.29) is 11.7 Å². The van der Waals surface area contributed by atoms with E-state index in [1.807, 2.05) is 24.3 Å². The molecule has 0 aromatic heterocycles. The molecule has 1 amide bonds. The molecule has 0 heterocycles. The van der Waals surface area contributed by atoms with Gasteiger partial charge in [0, 0.05) is 11.3 Å². The van der Waals surface area contributed by atoms with Crippen LogP contribution >= 0.6 is 0 Å². The van der Waals surface area contributed by atoms with Gasteiger partial charge in [0.05, 0.1) is 0 Å². The normalized spacial score (nSPS) is 10.7. The maximum absolute atomic E-state index is 13.2. The highest BCUT2D eigenvalue weighted by Gasteiger charge is 2.08. The van der Waals surface area contributed by atoms with Crippen LogP contribution in [0.2, 0.25) is 0 Å². The number of benzene rings is 2. The number of halogens is 1. The Balaban J connectivity index is 2.12. The number of hydrogen-bond donors (Lipinski definition) is 1. The third-order valence-corrected chi connectivity index (χ3v) is 3.26. The number of amides is 1. The van der Waals surface area contributed by atoms with E-state index in [4.69, 9.17) is 0 Å². The second kappa shape index (κ2) is 5.87. The van der Waals surface area contributed by atoms with Crippen LogP contribution < -0.4 is 5.32 Å². The van der Waals surface area contributed by atoms with Gasteiger partial charge >= 0.3 is 0 Å². The minimum absolute atomic E-state index is 0.231. The van der Waals surface area contributed by atoms with Gasteiger partial charge in [-0.3, -0.25) is 4.79 Å². The fraction of sp³-hybridized carbons (Fsp3) is 0.235. The molecule has 0 atom stereocenters. The van der Waals surface area contributed by atoms with Crippen molar-refractivity contribution in [1.29, 1.82) is 0 Å². The molecule has 0 saturated carbocycles. The first-order chi connectivity index (χ1) is 9.47. The average molecular weight is 271 g/mol. The first-order valence-electron chi connectivity index (χ1n) is 6.65. The molecule has 0 bridgehead atoms. The van der Waals surface area contributed by atoms with Crippen molar-refractivity contribution < 1.29 is 9.18 Å². The molecule has 20 heavy (non-hydrogen) atoms. The standard InChI is InChI=1S/C17H18FNO/c1-11(2)13-4-7-15(8-5-13)19-17(20)14-6-9-16(18)12(3)10-14/h4-11H,1-3H3,(H,19,20). The maximum atomic E-state index is 13.2. The van der Waals surface area contributed by atoms with Gasteiger partial charge in [-0.2, -0.15) is 0 Å². The van der Waals surface area contributed by atoms with E-state index in [2.05, 4.69) is 19.2 Å². The van der Waals surface area contributed by atoms with Gasteiger partial charge in [-0.25, -0.2) is 4.39 Å². The summed E-state index contributed by atoms with van der Waals surface area (Å²) in [6, 6.07) is 12.1. The summed E-state index contributed by atoms with van der Waals surface area (Å²) < 4.78 is 13.2. The number of rotatable bonds is 3. The number of carbonyl (C=O) groups excluding carboxylic acids is 1. The molecule has 0 fully saturated rings. The highest BCUT2D eigenvalue weighted by molar-refractivity contribution is 6.04. The van der Waals surface area contributed by atoms with E-state index in [9.17, 15) is 9.18 Å². The Kier molecular flexibility index (Phi) is 4.18. The third kappa shape index (κ3) is 3.23. The van der Waals surface area contributed by atoms with Crippen molar-refractivity contribution >= 4 is 11.6 Å². The lowest BCUT2D eigenvalue weighted by atomic mass is 10.0. The van der Waals surface area contributed by atoms with Crippen molar-refractivity contribution in [2.75, 3.05) is 5.32 Å². The minimum atomic E-state index is -0.303. The number of nitrogens with one attached hydrogen (secondary N) is 1. The zero-order valence-electron chi connectivity index (χ0n) is 11.9. The van der Waals surface area contributed by atoms with Gasteiger partial charge in [-0.15, -0.1) is 0 Å². The summed E-state index contributed by atoms with van der Waals surface area (Å²) in [5.74, 6) is -0.0762. The number of aryl methyl sites for hydroxylation is 1. The third-order valence-electron chi connectivity index (χ3n) is 3.26. The summed E-state index contributed by atoms with van der Waals surface area (Å²) in [5, 5.41) is 2.81. The summed E-state index contributed by atoms with van der Waals surface area (Å²) in [6.07, 6.45) is 0. The predicted octanol–water partition coefficient (Wildman–Crippen LogP) is 4.51. The number of carbonyl (C=O) groups is 1. The zero-order valence-corrected chi connectivity index (χ0v) is 11.9. The smallest absolute Gasteiger partial charge is 0.255 e. The summed E-state index contributed by atoms with van der Waals surface area (Å²) in [4.78, 5) is 12.1. The highest BCUT2D eigenvalue weighted by Crippen LogP contribution is 2.18. The minimum Gasteiger partial charge on any atom is -0.322 e. The lowest BCUT2D eigenvalue weighted by Crippen LogP contribution is -2.12. The van der Waals surface area contributed by atoms with Crippen LogP contribution in [0.5, 0.6) is 0 Å². The molecular formula is C17H18FNO. The van der Waals surface area contributed by atoms with Crippen LogP contribution in [0.1, 0.15) is 41.3 Å². The number of hydrogen-bond acceptors (Lipinski definition) is 1. The quantitative estimate of drug-likeness (QED) is 0.874. The SMILES string of the molecule is Cc1cc(C(=O)Nc2ccc(C(C)C)cc2)ccc1F. The Bertz CT molecular complexity index is 617. The van der Waals surface area contributed by atoms with E-state index in [1.165, 1.54) is 17.7 Å². The summed E-state index contributed by atoms with van der Waals surface area (Å²) in [6.45, 7) is 5.88. The largest absolute Gasteiger partial charge is 0.322 e. The molecule has 0 saturated heterocycles. The monoisotopic (exact) mass is 271 g/mol. The van der Waals surface area contributed by atoms with Gasteiger partial charge < -0.3 is 5.32 Å². The van der Waals surface area contributed by atoms with E-state index >= 15 is 0 Å². The van der Waals surface area contributed by atoms with Gasteiger partial charge in [0.25, 0.3) is 5.91 Å². The molecule has 1 N–H and O–H groups in total. The van der Waals surface area contributed by atoms with Gasteiger partial charge in [0.1, 0.15) is 5.82 Å². The molecule has 0 unspecified atom stereocenters. The first-order valence-corrected chi connectivity index (χ1v) is 6.65. The predicted molar refractivity (Wildman–Crippen MR) is 79.6 cm³/mol. The van der Waals surface area contributed by atoms with Crippen LogP contribution in [0.15, 0.2) is 42.5 Å². The van der Waals surface area contributed by atoms with Crippen LogP contribution in [0.3, 0.4) is 0 Å². The van der Waals surface area contributed by atoms with Crippen molar-refractivity contribution in [3.63, 3.8) is 0 Å². The van der Waals surface area contributed by atoms with Gasteiger partial charge in [0.2, 0.25) is 0 Å². The fourth-order valence-electron chi connectivity index (χ4n) is 1.94. The molecule has 2 nitrogen and oxygen atoms in total. The number of anilines is 1. The Morgan fingerprint density at radius 3 is 2.30 bits per heavy atom. The maximum Gasteiger partial charge on any atom is 0.255 e. The van der Waals surface area contributed by atoms with E-state index in [0.717, 1.165) is 5.69 Å². The van der Waals surface area contributed by atoms with Crippen LogP contribution in [0.4, 0.5) is 10.1 Å². The summed E-state index contributed by atoms with van der Waals surface area (Å²) >= 11 is 0. The van der Waals surface area contributed by atoms with Gasteiger partial charge in [0.15, 0.2) is 0 Å². The fourth-order valence-corrected chi connectivity index (χ4v) is 1.94. The zero-order chi connectivity index (χ0) is 14.7. The Morgan fingerprint density at radius 2 is 1.75 bits per heavy atom. The molecule has 2 aromatic rings. The lowest BCUT2D eigenvalue weighted by molar-refractivity contribution is 0.102. The molecule has 0 aliphatic rings. The molecule has 0 aliphatic heterocycles. The van der Waals surface area contributed by atoms with Crippen molar-refractivity contribution in [3.05, 3.63) is 65.0 Å². The van der Waals surface area contributed by atoms with Gasteiger partial charge in [-0.1, -0.05) is 26.0 Å². The van der Waals surface area contributed by atoms with Crippen molar-refractivity contribution in [2.45, 2.75) is 26.7 Å². The molecule has 104 valence electrons. The molecule has 0 aliphatic carbocycles. The van der Waals surface area contributed by atoms with Gasteiger partial charge in [-0.05, 0) is 54.3 Å².